The van der Waals surface area contributed by atoms with Crippen LogP contribution in [0.1, 0.15) is 17.2 Å². The van der Waals surface area contributed by atoms with Crippen molar-refractivity contribution in [2.24, 2.45) is 0 Å². The molecule has 32 heavy (non-hydrogen) atoms. The highest BCUT2D eigenvalue weighted by Gasteiger charge is 2.14. The monoisotopic (exact) mass is 429 g/mol. The zero-order chi connectivity index (χ0) is 22.7. The van der Waals surface area contributed by atoms with E-state index in [9.17, 15) is 5.11 Å². The Balaban J connectivity index is 1.57. The number of aromatic nitrogens is 4. The average Bonchev–Trinajstić information content (AvgIpc) is 3.34. The van der Waals surface area contributed by atoms with Gasteiger partial charge in [0.05, 0.1) is 24.7 Å². The Morgan fingerprint density at radius 2 is 1.56 bits per heavy atom. The van der Waals surface area contributed by atoms with Crippen LogP contribution in [0.15, 0.2) is 71.9 Å². The molecule has 8 nitrogen and oxygen atoms in total. The second-order valence-electron chi connectivity index (χ2n) is 7.44. The molecule has 1 atom stereocenters. The standard InChI is InChI=1S/C24H23N5O3/c1-15(29(2)3)16-4-6-17(7-5-16)20-12-25-13-21(26-20)24-28-27-23(32-24)19-10-8-18(9-11-19)22(31)14-30/h4-13,22,30-31H,1,14H2,2-3H3. The first-order chi connectivity index (χ1) is 15.5. The summed E-state index contributed by atoms with van der Waals surface area (Å²) in [6.45, 7) is 3.73. The molecular weight excluding hydrogens is 406 g/mol. The normalized spacial score (nSPS) is 11.9. The van der Waals surface area contributed by atoms with E-state index in [0.29, 0.717) is 28.4 Å². The van der Waals surface area contributed by atoms with E-state index >= 15 is 0 Å². The van der Waals surface area contributed by atoms with Gasteiger partial charge in [0, 0.05) is 30.9 Å². The summed E-state index contributed by atoms with van der Waals surface area (Å²) in [5.41, 5.74) is 5.32. The molecule has 0 bridgehead atoms. The van der Waals surface area contributed by atoms with E-state index in [1.807, 2.05) is 43.3 Å². The van der Waals surface area contributed by atoms with Gasteiger partial charge < -0.3 is 19.5 Å². The number of rotatable bonds is 7. The molecule has 2 N–H and O–H groups in total. The average molecular weight is 429 g/mol. The number of nitrogens with zero attached hydrogens (tertiary/aromatic N) is 5. The summed E-state index contributed by atoms with van der Waals surface area (Å²) in [4.78, 5) is 10.9. The van der Waals surface area contributed by atoms with Crippen LogP contribution in [-0.4, -0.2) is 56.0 Å². The molecule has 0 amide bonds. The maximum Gasteiger partial charge on any atom is 0.268 e. The Bertz CT molecular complexity index is 1220. The van der Waals surface area contributed by atoms with Crippen LogP contribution in [0.5, 0.6) is 0 Å². The summed E-state index contributed by atoms with van der Waals surface area (Å²) in [7, 11) is 3.91. The van der Waals surface area contributed by atoms with Gasteiger partial charge in [0.15, 0.2) is 0 Å². The van der Waals surface area contributed by atoms with Crippen molar-refractivity contribution in [1.82, 2.24) is 25.1 Å². The molecule has 0 radical (unpaired) electrons. The van der Waals surface area contributed by atoms with Crippen LogP contribution in [0.4, 0.5) is 0 Å². The molecule has 162 valence electrons. The van der Waals surface area contributed by atoms with Crippen molar-refractivity contribution in [3.8, 4) is 34.3 Å². The molecule has 2 aromatic heterocycles. The van der Waals surface area contributed by atoms with Gasteiger partial charge in [-0.3, -0.25) is 4.98 Å². The number of benzene rings is 2. The third-order valence-electron chi connectivity index (χ3n) is 5.05. The molecule has 1 unspecified atom stereocenters. The highest BCUT2D eigenvalue weighted by molar-refractivity contribution is 5.67. The van der Waals surface area contributed by atoms with Crippen molar-refractivity contribution in [2.45, 2.75) is 6.10 Å². The summed E-state index contributed by atoms with van der Waals surface area (Å²) in [5.74, 6) is 0.579. The van der Waals surface area contributed by atoms with Gasteiger partial charge in [0.25, 0.3) is 5.89 Å². The summed E-state index contributed by atoms with van der Waals surface area (Å²) < 4.78 is 5.80. The lowest BCUT2D eigenvalue weighted by Gasteiger charge is -2.15. The first-order valence-electron chi connectivity index (χ1n) is 9.98. The van der Waals surface area contributed by atoms with Crippen LogP contribution in [0.2, 0.25) is 0 Å². The molecule has 0 fully saturated rings. The quantitative estimate of drug-likeness (QED) is 0.460. The largest absolute Gasteiger partial charge is 0.415 e. The Hall–Kier alpha value is -3.88. The van der Waals surface area contributed by atoms with Crippen LogP contribution in [0, 0.1) is 0 Å². The van der Waals surface area contributed by atoms with Crippen LogP contribution in [-0.2, 0) is 0 Å². The van der Waals surface area contributed by atoms with E-state index in [1.54, 1.807) is 36.7 Å². The van der Waals surface area contributed by atoms with E-state index in [4.69, 9.17) is 9.52 Å². The number of aliphatic hydroxyl groups is 2. The fourth-order valence-electron chi connectivity index (χ4n) is 3.10. The second-order valence-corrected chi connectivity index (χ2v) is 7.44. The van der Waals surface area contributed by atoms with E-state index in [2.05, 4.69) is 26.7 Å². The molecule has 0 spiro atoms. The molecule has 4 aromatic rings. The van der Waals surface area contributed by atoms with Crippen molar-refractivity contribution in [1.29, 1.82) is 0 Å². The molecule has 4 rings (SSSR count). The Morgan fingerprint density at radius 1 is 0.938 bits per heavy atom. The molecule has 0 aliphatic rings. The SMILES string of the molecule is C=C(c1ccc(-c2cncc(-c3nnc(-c4ccc(C(O)CO)cc4)o3)n2)cc1)N(C)C. The van der Waals surface area contributed by atoms with Gasteiger partial charge in [-0.25, -0.2) is 4.98 Å². The lowest BCUT2D eigenvalue weighted by molar-refractivity contribution is 0.0956. The third-order valence-corrected chi connectivity index (χ3v) is 5.05. The summed E-state index contributed by atoms with van der Waals surface area (Å²) >= 11 is 0. The highest BCUT2D eigenvalue weighted by Crippen LogP contribution is 2.26. The van der Waals surface area contributed by atoms with Gasteiger partial charge in [-0.05, 0) is 23.3 Å². The Kier molecular flexibility index (Phi) is 6.07. The van der Waals surface area contributed by atoms with Gasteiger partial charge in [-0.15, -0.1) is 10.2 Å². The fourth-order valence-corrected chi connectivity index (χ4v) is 3.10. The van der Waals surface area contributed by atoms with Crippen molar-refractivity contribution >= 4 is 5.70 Å². The summed E-state index contributed by atoms with van der Waals surface area (Å²) in [6.07, 6.45) is 2.33. The molecule has 2 aromatic carbocycles. The topological polar surface area (TPSA) is 108 Å². The van der Waals surface area contributed by atoms with Gasteiger partial charge in [-0.1, -0.05) is 43.0 Å². The lowest BCUT2D eigenvalue weighted by atomic mass is 10.1. The third kappa shape index (κ3) is 4.41. The van der Waals surface area contributed by atoms with Crippen LogP contribution in [0.25, 0.3) is 40.0 Å². The summed E-state index contributed by atoms with van der Waals surface area (Å²) in [5, 5.41) is 27.0. The predicted octanol–water partition coefficient (Wildman–Crippen LogP) is 3.42. The van der Waals surface area contributed by atoms with Gasteiger partial charge in [0.2, 0.25) is 5.89 Å². The first-order valence-corrected chi connectivity index (χ1v) is 9.98. The van der Waals surface area contributed by atoms with Crippen LogP contribution >= 0.6 is 0 Å². The predicted molar refractivity (Wildman–Crippen MR) is 121 cm³/mol. The van der Waals surface area contributed by atoms with Crippen molar-refractivity contribution in [2.75, 3.05) is 20.7 Å². The second kappa shape index (κ2) is 9.09. The van der Waals surface area contributed by atoms with Crippen molar-refractivity contribution in [3.63, 3.8) is 0 Å². The lowest BCUT2D eigenvalue weighted by Crippen LogP contribution is -2.08. The molecule has 0 saturated heterocycles. The van der Waals surface area contributed by atoms with E-state index < -0.39 is 6.10 Å². The first kappa shape index (κ1) is 21.4. The zero-order valence-electron chi connectivity index (χ0n) is 17.8. The van der Waals surface area contributed by atoms with Crippen LogP contribution in [0.3, 0.4) is 0 Å². The Labute approximate surface area is 185 Å². The maximum absolute atomic E-state index is 9.71. The fraction of sp³-hybridized carbons (Fsp3) is 0.167. The number of aliphatic hydroxyl groups excluding tert-OH is 2. The molecule has 8 heteroatoms. The zero-order valence-corrected chi connectivity index (χ0v) is 17.8. The van der Waals surface area contributed by atoms with Gasteiger partial charge in [0.1, 0.15) is 11.8 Å². The smallest absolute Gasteiger partial charge is 0.268 e. The molecule has 2 heterocycles. The van der Waals surface area contributed by atoms with E-state index in [0.717, 1.165) is 16.8 Å². The van der Waals surface area contributed by atoms with Crippen molar-refractivity contribution in [3.05, 3.63) is 78.6 Å². The molecule has 0 saturated carbocycles. The number of hydrogen-bond acceptors (Lipinski definition) is 8. The van der Waals surface area contributed by atoms with Crippen LogP contribution < -0.4 is 0 Å². The van der Waals surface area contributed by atoms with Crippen molar-refractivity contribution < 1.29 is 14.6 Å². The minimum absolute atomic E-state index is 0.256. The molecular formula is C24H23N5O3. The van der Waals surface area contributed by atoms with E-state index in [-0.39, 0.29) is 12.5 Å². The highest BCUT2D eigenvalue weighted by atomic mass is 16.4. The van der Waals surface area contributed by atoms with Gasteiger partial charge in [-0.2, -0.15) is 0 Å². The maximum atomic E-state index is 9.71. The summed E-state index contributed by atoms with van der Waals surface area (Å²) in [6, 6.07) is 14.8. The van der Waals surface area contributed by atoms with E-state index in [1.165, 1.54) is 0 Å². The Morgan fingerprint density at radius 3 is 2.22 bits per heavy atom. The molecule has 0 aliphatic heterocycles. The number of hydrogen-bond donors (Lipinski definition) is 2. The molecule has 0 aliphatic carbocycles. The minimum Gasteiger partial charge on any atom is -0.415 e. The van der Waals surface area contributed by atoms with Gasteiger partial charge >= 0.3 is 0 Å². The minimum atomic E-state index is -0.921.